The average molecular weight is 817 g/mol. The summed E-state index contributed by atoms with van der Waals surface area (Å²) in [6.45, 7) is 8.48. The molecule has 2 aromatic rings. The molecule has 53 heavy (non-hydrogen) atoms. The summed E-state index contributed by atoms with van der Waals surface area (Å²) < 4.78 is 101. The zero-order valence-electron chi connectivity index (χ0n) is 30.4. The molecular formula is C36H45KN2O11S3+2. The van der Waals surface area contributed by atoms with Crippen LogP contribution in [0.4, 0.5) is 11.4 Å². The normalized spacial score (nSPS) is 17.6. The van der Waals surface area contributed by atoms with Crippen LogP contribution in [0.25, 0.3) is 0 Å². The van der Waals surface area contributed by atoms with Crippen LogP contribution in [0.15, 0.2) is 94.4 Å². The number of hydrogen-bond donors (Lipinski definition) is 4. The van der Waals surface area contributed by atoms with Crippen LogP contribution in [0.2, 0.25) is 0 Å². The molecule has 0 unspecified atom stereocenters. The van der Waals surface area contributed by atoms with Crippen molar-refractivity contribution in [2.24, 2.45) is 0 Å². The number of allylic oxidation sites excluding steroid dienone is 8. The first-order chi connectivity index (χ1) is 24.0. The van der Waals surface area contributed by atoms with E-state index in [-0.39, 0.29) is 80.6 Å². The monoisotopic (exact) mass is 816 g/mol. The van der Waals surface area contributed by atoms with Gasteiger partial charge in [0, 0.05) is 53.9 Å². The number of carboxylic acid groups (broad SMARTS) is 1. The van der Waals surface area contributed by atoms with Crippen molar-refractivity contribution in [1.29, 1.82) is 0 Å². The van der Waals surface area contributed by atoms with Gasteiger partial charge in [0.2, 0.25) is 5.69 Å². The maximum atomic E-state index is 11.9. The largest absolute Gasteiger partial charge is 1.00 e. The molecule has 4 N–H and O–H groups in total. The average Bonchev–Trinajstić information content (AvgIpc) is 3.36. The number of anilines is 1. The molecule has 13 nitrogen and oxygen atoms in total. The van der Waals surface area contributed by atoms with Crippen molar-refractivity contribution in [2.45, 2.75) is 80.4 Å². The molecule has 0 aliphatic carbocycles. The van der Waals surface area contributed by atoms with Crippen molar-refractivity contribution in [3.8, 4) is 0 Å². The Morgan fingerprint density at radius 2 is 1.34 bits per heavy atom. The molecule has 2 aliphatic heterocycles. The Morgan fingerprint density at radius 3 is 1.94 bits per heavy atom. The van der Waals surface area contributed by atoms with E-state index in [9.17, 15) is 43.7 Å². The minimum absolute atomic E-state index is 0. The molecule has 0 spiro atoms. The van der Waals surface area contributed by atoms with Crippen molar-refractivity contribution in [1.82, 2.24) is 0 Å². The van der Waals surface area contributed by atoms with Gasteiger partial charge in [0.15, 0.2) is 5.71 Å². The third-order valence-electron chi connectivity index (χ3n) is 9.33. The van der Waals surface area contributed by atoms with Crippen molar-refractivity contribution < 1.29 is 105 Å². The van der Waals surface area contributed by atoms with E-state index in [1.807, 2.05) is 56.6 Å². The molecule has 0 saturated heterocycles. The van der Waals surface area contributed by atoms with Gasteiger partial charge in [-0.3, -0.25) is 18.5 Å². The Kier molecular flexibility index (Phi) is 15.0. The Morgan fingerprint density at radius 1 is 0.755 bits per heavy atom. The minimum Gasteiger partial charge on any atom is -0.481 e. The second-order valence-corrected chi connectivity index (χ2v) is 18.2. The minimum atomic E-state index is -4.46. The Bertz CT molecular complexity index is 2220. The zero-order chi connectivity index (χ0) is 38.7. The van der Waals surface area contributed by atoms with Crippen LogP contribution in [0, 0.1) is 0 Å². The van der Waals surface area contributed by atoms with Gasteiger partial charge in [0.1, 0.15) is 6.54 Å². The molecule has 0 fully saturated rings. The van der Waals surface area contributed by atoms with Crippen LogP contribution in [0.5, 0.6) is 0 Å². The summed E-state index contributed by atoms with van der Waals surface area (Å²) in [4.78, 5) is 12.6. The number of carbonyl (C=O) groups is 1. The van der Waals surface area contributed by atoms with Gasteiger partial charge in [-0.05, 0) is 68.7 Å². The van der Waals surface area contributed by atoms with Crippen LogP contribution in [-0.4, -0.2) is 79.1 Å². The van der Waals surface area contributed by atoms with Crippen molar-refractivity contribution in [3.63, 3.8) is 0 Å². The van der Waals surface area contributed by atoms with E-state index >= 15 is 0 Å². The molecule has 2 aromatic carbocycles. The van der Waals surface area contributed by atoms with Crippen LogP contribution >= 0.6 is 0 Å². The standard InChI is InChI=1S/C36H44N2O11S3.K/c1-35(2)28-24-26(51(44,45)46)17-19-30(28)37(21-12-8-11-16-34(39)40)32(35)14-9-6-5-7-10-15-33-36(3,4)29-25-27(52(47,48)49)18-20-31(29)38(33)22-13-23-50(41,42)43;/h5-7,9-10,14-15,17-20,24-25H,8,11-13,16,21-23H2,1-4H3,(H3-,39,40,41,42,43,44,45,46,47,48,49);/q;+1/p+1. The maximum Gasteiger partial charge on any atom is 1.00 e. The Hall–Kier alpha value is -2.29. The molecule has 17 heteroatoms. The van der Waals surface area contributed by atoms with Crippen LogP contribution in [0.1, 0.15) is 70.9 Å². The van der Waals surface area contributed by atoms with Gasteiger partial charge in [-0.15, -0.1) is 0 Å². The fourth-order valence-electron chi connectivity index (χ4n) is 6.73. The molecule has 282 valence electrons. The molecule has 0 aromatic heterocycles. The maximum absolute atomic E-state index is 11.9. The number of rotatable bonds is 16. The first kappa shape index (κ1) is 45.1. The fourth-order valence-corrected chi connectivity index (χ4v) is 8.23. The summed E-state index contributed by atoms with van der Waals surface area (Å²) in [5, 5.41) is 8.99. The summed E-state index contributed by atoms with van der Waals surface area (Å²) in [5.74, 6) is -1.30. The second-order valence-electron chi connectivity index (χ2n) is 13.8. The number of benzene rings is 2. The van der Waals surface area contributed by atoms with Gasteiger partial charge in [-0.2, -0.15) is 29.8 Å². The van der Waals surface area contributed by atoms with E-state index < -0.39 is 52.9 Å². The molecule has 0 bridgehead atoms. The number of fused-ring (bicyclic) bond motifs is 2. The first-order valence-electron chi connectivity index (χ1n) is 16.6. The quantitative estimate of drug-likeness (QED) is 0.0635. The molecular weight excluding hydrogens is 772 g/mol. The molecule has 0 amide bonds. The van der Waals surface area contributed by atoms with Gasteiger partial charge in [-0.25, -0.2) is 0 Å². The summed E-state index contributed by atoms with van der Waals surface area (Å²) in [6, 6.07) is 8.76. The number of aliphatic carboxylic acids is 1. The molecule has 0 atom stereocenters. The second kappa shape index (κ2) is 17.7. The van der Waals surface area contributed by atoms with Crippen LogP contribution < -0.4 is 56.3 Å². The summed E-state index contributed by atoms with van der Waals surface area (Å²) in [5.41, 5.74) is 3.09. The van der Waals surface area contributed by atoms with Gasteiger partial charge in [0.25, 0.3) is 30.4 Å². The van der Waals surface area contributed by atoms with E-state index in [1.54, 1.807) is 30.4 Å². The van der Waals surface area contributed by atoms with Crippen LogP contribution in [0.3, 0.4) is 0 Å². The smallest absolute Gasteiger partial charge is 0.481 e. The van der Waals surface area contributed by atoms with E-state index in [1.165, 1.54) is 24.3 Å². The van der Waals surface area contributed by atoms with Gasteiger partial charge in [-0.1, -0.05) is 50.6 Å². The van der Waals surface area contributed by atoms with Crippen molar-refractivity contribution >= 4 is 53.4 Å². The van der Waals surface area contributed by atoms with E-state index in [4.69, 9.17) is 5.11 Å². The predicted molar refractivity (Wildman–Crippen MR) is 198 cm³/mol. The number of carboxylic acids is 1. The van der Waals surface area contributed by atoms with E-state index in [0.29, 0.717) is 37.1 Å². The van der Waals surface area contributed by atoms with E-state index in [2.05, 4.69) is 4.90 Å². The topological polar surface area (TPSA) is 207 Å². The Balaban J connectivity index is 0.00000756. The van der Waals surface area contributed by atoms with Crippen LogP contribution in [-0.2, 0) is 46.0 Å². The zero-order valence-corrected chi connectivity index (χ0v) is 36.0. The summed E-state index contributed by atoms with van der Waals surface area (Å²) >= 11 is 0. The third-order valence-corrected chi connectivity index (χ3v) is 11.8. The molecule has 2 heterocycles. The summed E-state index contributed by atoms with van der Waals surface area (Å²) in [6.07, 6.45) is 14.9. The fraction of sp³-hybridized carbons (Fsp3) is 0.389. The first-order valence-corrected chi connectivity index (χ1v) is 21.1. The third kappa shape index (κ3) is 11.2. The molecule has 0 saturated carbocycles. The van der Waals surface area contributed by atoms with Gasteiger partial charge in [0.05, 0.1) is 21.0 Å². The number of nitrogens with zero attached hydrogens (tertiary/aromatic N) is 2. The van der Waals surface area contributed by atoms with E-state index in [0.717, 1.165) is 22.7 Å². The molecule has 4 rings (SSSR count). The molecule has 2 aliphatic rings. The predicted octanol–water partition coefficient (Wildman–Crippen LogP) is 2.83. The summed E-state index contributed by atoms with van der Waals surface area (Å²) in [7, 11) is -13.1. The number of hydrogen-bond acceptors (Lipinski definition) is 8. The van der Waals surface area contributed by atoms with Crippen molar-refractivity contribution in [2.75, 3.05) is 23.7 Å². The number of unbranched alkanes of at least 4 members (excludes halogenated alkanes) is 2. The van der Waals surface area contributed by atoms with Gasteiger partial charge < -0.3 is 10.0 Å². The Labute approximate surface area is 354 Å². The SMILES string of the molecule is CC1(C)C(/C=C/C=C/C=C/C=C2/N(CCCCCC(=O)O)c3ccc(S(=O)(=O)O)cc3C2(C)C)=[N+](CCCS(=O)(=O)O)c2ccc(S(=O)(=O)O)cc21.[K+]. The van der Waals surface area contributed by atoms with Gasteiger partial charge >= 0.3 is 57.4 Å². The van der Waals surface area contributed by atoms with Crippen molar-refractivity contribution in [3.05, 3.63) is 95.8 Å². The molecule has 0 radical (unpaired) electrons.